The summed E-state index contributed by atoms with van der Waals surface area (Å²) in [5, 5.41) is 21.5. The van der Waals surface area contributed by atoms with Gasteiger partial charge in [0.05, 0.1) is 27.0 Å². The molecule has 0 aliphatic carbocycles. The first kappa shape index (κ1) is 22.4. The molecule has 0 radical (unpaired) electrons. The van der Waals surface area contributed by atoms with Crippen LogP contribution in [-0.2, 0) is 0 Å². The maximum Gasteiger partial charge on any atom is 0.299 e. The van der Waals surface area contributed by atoms with Crippen LogP contribution >= 0.6 is 22.9 Å². The van der Waals surface area contributed by atoms with Gasteiger partial charge in [0, 0.05) is 6.21 Å². The molecule has 0 unspecified atom stereocenters. The SMILES string of the molecule is Cc1cccc(N=Cc2sc(N=Nc3c(C)[nH]n(-c4ccccc4)c3=O)c(C#N)c2Cl)c1C. The lowest BCUT2D eigenvalue weighted by atomic mass is 10.1. The average Bonchev–Trinajstić information content (AvgIpc) is 3.28. The van der Waals surface area contributed by atoms with E-state index >= 15 is 0 Å². The third kappa shape index (κ3) is 4.42. The summed E-state index contributed by atoms with van der Waals surface area (Å²) in [7, 11) is 0. The van der Waals surface area contributed by atoms with Crippen LogP contribution in [0.15, 0.2) is 68.5 Å². The quantitative estimate of drug-likeness (QED) is 0.253. The molecule has 0 aliphatic heterocycles. The predicted molar refractivity (Wildman–Crippen MR) is 133 cm³/mol. The Balaban J connectivity index is 1.68. The van der Waals surface area contributed by atoms with Crippen molar-refractivity contribution in [2.75, 3.05) is 0 Å². The van der Waals surface area contributed by atoms with Gasteiger partial charge in [-0.25, -0.2) is 4.68 Å². The maximum atomic E-state index is 12.8. The van der Waals surface area contributed by atoms with Crippen molar-refractivity contribution < 1.29 is 0 Å². The van der Waals surface area contributed by atoms with Crippen molar-refractivity contribution in [3.63, 3.8) is 0 Å². The van der Waals surface area contributed by atoms with E-state index in [9.17, 15) is 10.1 Å². The largest absolute Gasteiger partial charge is 0.299 e. The lowest BCUT2D eigenvalue weighted by Gasteiger charge is -2.02. The average molecular weight is 475 g/mol. The number of nitrogens with zero attached hydrogens (tertiary/aromatic N) is 5. The number of hydrogen-bond acceptors (Lipinski definition) is 6. The van der Waals surface area contributed by atoms with E-state index in [4.69, 9.17) is 11.6 Å². The van der Waals surface area contributed by atoms with Gasteiger partial charge in [-0.2, -0.15) is 5.26 Å². The van der Waals surface area contributed by atoms with Crippen molar-refractivity contribution in [1.29, 1.82) is 5.26 Å². The normalized spacial score (nSPS) is 11.5. The molecule has 164 valence electrons. The summed E-state index contributed by atoms with van der Waals surface area (Å²) in [5.41, 5.74) is 4.31. The molecular formula is C24H19ClN6OS. The molecule has 2 aromatic carbocycles. The number of aromatic amines is 1. The van der Waals surface area contributed by atoms with Gasteiger partial charge in [-0.1, -0.05) is 41.9 Å². The molecule has 0 aliphatic rings. The van der Waals surface area contributed by atoms with E-state index in [0.717, 1.165) is 16.8 Å². The van der Waals surface area contributed by atoms with Gasteiger partial charge in [0.2, 0.25) is 0 Å². The van der Waals surface area contributed by atoms with Crippen LogP contribution in [0.5, 0.6) is 0 Å². The minimum Gasteiger partial charge on any atom is -0.293 e. The minimum atomic E-state index is -0.333. The second kappa shape index (κ2) is 9.36. The molecule has 0 bridgehead atoms. The van der Waals surface area contributed by atoms with E-state index in [-0.39, 0.29) is 21.8 Å². The number of benzene rings is 2. The van der Waals surface area contributed by atoms with E-state index in [1.54, 1.807) is 13.1 Å². The van der Waals surface area contributed by atoms with Crippen LogP contribution in [0.2, 0.25) is 5.02 Å². The topological polar surface area (TPSA) is 98.7 Å². The summed E-state index contributed by atoms with van der Waals surface area (Å²) in [4.78, 5) is 17.9. The summed E-state index contributed by atoms with van der Waals surface area (Å²) < 4.78 is 1.40. The monoisotopic (exact) mass is 474 g/mol. The highest BCUT2D eigenvalue weighted by Gasteiger charge is 2.17. The standard InChI is InChI=1S/C24H19ClN6OS/c1-14-8-7-11-19(15(14)2)27-13-20-21(25)18(12-26)23(33-20)29-28-22-16(3)30-31(24(22)32)17-9-5-4-6-10-17/h4-11,13,30H,1-3H3. The number of rotatable bonds is 5. The number of nitriles is 1. The Bertz CT molecular complexity index is 1490. The van der Waals surface area contributed by atoms with E-state index in [1.165, 1.54) is 16.0 Å². The highest BCUT2D eigenvalue weighted by molar-refractivity contribution is 7.18. The summed E-state index contributed by atoms with van der Waals surface area (Å²) in [6.07, 6.45) is 1.62. The Kier molecular flexibility index (Phi) is 6.36. The third-order valence-corrected chi connectivity index (χ3v) is 6.67. The summed E-state index contributed by atoms with van der Waals surface area (Å²) in [6.45, 7) is 5.76. The number of halogens is 1. The molecule has 4 aromatic rings. The van der Waals surface area contributed by atoms with Crippen molar-refractivity contribution in [1.82, 2.24) is 9.78 Å². The van der Waals surface area contributed by atoms with E-state index in [2.05, 4.69) is 26.4 Å². The van der Waals surface area contributed by atoms with Crippen LogP contribution in [-0.4, -0.2) is 16.0 Å². The Morgan fingerprint density at radius 1 is 1.09 bits per heavy atom. The Morgan fingerprint density at radius 3 is 2.58 bits per heavy atom. The molecule has 9 heteroatoms. The van der Waals surface area contributed by atoms with Crippen LogP contribution in [0.1, 0.15) is 27.3 Å². The number of hydrogen-bond donors (Lipinski definition) is 1. The molecule has 7 nitrogen and oxygen atoms in total. The van der Waals surface area contributed by atoms with E-state index in [0.29, 0.717) is 21.3 Å². The lowest BCUT2D eigenvalue weighted by molar-refractivity contribution is 0.835. The van der Waals surface area contributed by atoms with Crippen LogP contribution in [0.4, 0.5) is 16.4 Å². The van der Waals surface area contributed by atoms with Gasteiger partial charge < -0.3 is 0 Å². The maximum absolute atomic E-state index is 12.8. The Hall–Kier alpha value is -3.80. The molecule has 4 rings (SSSR count). The first-order chi connectivity index (χ1) is 15.9. The second-order valence-corrected chi connectivity index (χ2v) is 8.72. The highest BCUT2D eigenvalue weighted by Crippen LogP contribution is 2.39. The molecular weight excluding hydrogens is 456 g/mol. The number of H-pyrrole nitrogens is 1. The smallest absolute Gasteiger partial charge is 0.293 e. The zero-order chi connectivity index (χ0) is 23.5. The number of thiophene rings is 1. The molecule has 1 N–H and O–H groups in total. The van der Waals surface area contributed by atoms with Crippen LogP contribution in [0.25, 0.3) is 5.69 Å². The summed E-state index contributed by atoms with van der Waals surface area (Å²) in [5.74, 6) is 0. The van der Waals surface area contributed by atoms with Gasteiger partial charge in [0.1, 0.15) is 11.6 Å². The molecule has 0 amide bonds. The zero-order valence-corrected chi connectivity index (χ0v) is 19.7. The lowest BCUT2D eigenvalue weighted by Crippen LogP contribution is -2.13. The first-order valence-electron chi connectivity index (χ1n) is 10.0. The number of aliphatic imine (C=N–C) groups is 1. The number of aromatic nitrogens is 2. The molecule has 2 aromatic heterocycles. The van der Waals surface area contributed by atoms with Gasteiger partial charge in [0.25, 0.3) is 5.56 Å². The number of para-hydroxylation sites is 1. The van der Waals surface area contributed by atoms with Crippen molar-refractivity contribution >= 4 is 45.5 Å². The summed E-state index contributed by atoms with van der Waals surface area (Å²) >= 11 is 7.61. The van der Waals surface area contributed by atoms with E-state index < -0.39 is 0 Å². The highest BCUT2D eigenvalue weighted by atomic mass is 35.5. The molecule has 0 saturated heterocycles. The fourth-order valence-electron chi connectivity index (χ4n) is 3.18. The van der Waals surface area contributed by atoms with Crippen molar-refractivity contribution in [3.05, 3.63) is 91.2 Å². The Morgan fingerprint density at radius 2 is 1.85 bits per heavy atom. The zero-order valence-electron chi connectivity index (χ0n) is 18.1. The Labute approximate surface area is 199 Å². The number of aryl methyl sites for hydroxylation is 2. The van der Waals surface area contributed by atoms with Gasteiger partial charge in [-0.15, -0.1) is 21.6 Å². The van der Waals surface area contributed by atoms with Crippen LogP contribution < -0.4 is 5.56 Å². The van der Waals surface area contributed by atoms with Crippen LogP contribution in [0, 0.1) is 32.1 Å². The summed E-state index contributed by atoms with van der Waals surface area (Å²) in [6, 6.07) is 17.1. The van der Waals surface area contributed by atoms with E-state index in [1.807, 2.05) is 62.4 Å². The predicted octanol–water partition coefficient (Wildman–Crippen LogP) is 6.84. The molecule has 33 heavy (non-hydrogen) atoms. The molecule has 2 heterocycles. The fraction of sp³-hybridized carbons (Fsp3) is 0.125. The van der Waals surface area contributed by atoms with Crippen molar-refractivity contribution in [2.24, 2.45) is 15.2 Å². The number of nitrogens with one attached hydrogen (secondary N) is 1. The molecule has 0 saturated carbocycles. The second-order valence-electron chi connectivity index (χ2n) is 7.31. The molecule has 0 spiro atoms. The number of azo groups is 1. The van der Waals surface area contributed by atoms with Crippen molar-refractivity contribution in [2.45, 2.75) is 20.8 Å². The van der Waals surface area contributed by atoms with Gasteiger partial charge in [-0.3, -0.25) is 14.9 Å². The molecule has 0 atom stereocenters. The minimum absolute atomic E-state index is 0.165. The van der Waals surface area contributed by atoms with Crippen LogP contribution in [0.3, 0.4) is 0 Å². The van der Waals surface area contributed by atoms with Gasteiger partial charge >= 0.3 is 0 Å². The van der Waals surface area contributed by atoms with Crippen molar-refractivity contribution in [3.8, 4) is 11.8 Å². The van der Waals surface area contributed by atoms with Gasteiger partial charge in [0.15, 0.2) is 10.7 Å². The van der Waals surface area contributed by atoms with Gasteiger partial charge in [-0.05, 0) is 50.1 Å². The fourth-order valence-corrected chi connectivity index (χ4v) is 4.37. The first-order valence-corrected chi connectivity index (χ1v) is 11.2. The third-order valence-electron chi connectivity index (χ3n) is 5.16. The molecule has 0 fully saturated rings.